The molecule has 0 fully saturated rings. The lowest BCUT2D eigenvalue weighted by Crippen LogP contribution is -2.87. The van der Waals surface area contributed by atoms with Gasteiger partial charge in [0.2, 0.25) is 0 Å². The average molecular weight is 426 g/mol. The van der Waals surface area contributed by atoms with Crippen LogP contribution in [0.4, 0.5) is 0 Å². The van der Waals surface area contributed by atoms with Crippen molar-refractivity contribution in [3.63, 3.8) is 0 Å². The number of thiophene rings is 1. The zero-order chi connectivity index (χ0) is 21.5. The monoisotopic (exact) mass is 425 g/mol. The number of methoxy groups -OCH3 is 2. The van der Waals surface area contributed by atoms with Crippen LogP contribution in [0.15, 0.2) is 60.0 Å². The molecule has 30 heavy (non-hydrogen) atoms. The van der Waals surface area contributed by atoms with E-state index >= 15 is 0 Å². The first kappa shape index (κ1) is 21.9. The van der Waals surface area contributed by atoms with Gasteiger partial charge in [-0.2, -0.15) is 0 Å². The lowest BCUT2D eigenvalue weighted by molar-refractivity contribution is -0.676. The van der Waals surface area contributed by atoms with E-state index in [1.165, 1.54) is 16.0 Å². The molecule has 3 rings (SSSR count). The number of rotatable bonds is 9. The minimum absolute atomic E-state index is 0.0268. The van der Waals surface area contributed by atoms with E-state index in [0.29, 0.717) is 6.54 Å². The quantitative estimate of drug-likeness (QED) is 0.551. The van der Waals surface area contributed by atoms with Gasteiger partial charge < -0.3 is 20.1 Å². The Morgan fingerprint density at radius 2 is 1.87 bits per heavy atom. The van der Waals surface area contributed by atoms with Crippen LogP contribution in [-0.4, -0.2) is 26.7 Å². The van der Waals surface area contributed by atoms with E-state index in [1.54, 1.807) is 25.6 Å². The molecule has 0 radical (unpaired) electrons. The zero-order valence-corrected chi connectivity index (χ0v) is 18.7. The highest BCUT2D eigenvalue weighted by atomic mass is 32.1. The minimum atomic E-state index is -0.199. The molecule has 0 aliphatic heterocycles. The zero-order valence-electron chi connectivity index (χ0n) is 17.8. The molecule has 0 saturated heterocycles. The van der Waals surface area contributed by atoms with Gasteiger partial charge in [0, 0.05) is 11.1 Å². The number of hydrogen-bond acceptors (Lipinski definition) is 4. The van der Waals surface area contributed by atoms with Gasteiger partial charge in [0.25, 0.3) is 5.91 Å². The van der Waals surface area contributed by atoms with E-state index in [9.17, 15) is 4.79 Å². The fourth-order valence-corrected chi connectivity index (χ4v) is 4.29. The second-order valence-corrected chi connectivity index (χ2v) is 8.22. The van der Waals surface area contributed by atoms with Crippen LogP contribution in [0.3, 0.4) is 0 Å². The van der Waals surface area contributed by atoms with Gasteiger partial charge in [0.1, 0.15) is 17.5 Å². The second kappa shape index (κ2) is 10.3. The van der Waals surface area contributed by atoms with E-state index in [2.05, 4.69) is 53.3 Å². The maximum absolute atomic E-state index is 12.7. The van der Waals surface area contributed by atoms with Crippen molar-refractivity contribution in [3.05, 3.63) is 81.5 Å². The van der Waals surface area contributed by atoms with E-state index < -0.39 is 0 Å². The Bertz CT molecular complexity index is 955. The molecule has 0 saturated carbocycles. The number of amides is 1. The van der Waals surface area contributed by atoms with Crippen molar-refractivity contribution in [2.45, 2.75) is 25.9 Å². The first-order chi connectivity index (χ1) is 14.5. The number of nitrogens with one attached hydrogen (secondary N) is 1. The van der Waals surface area contributed by atoms with Gasteiger partial charge >= 0.3 is 0 Å². The Labute approximate surface area is 182 Å². The fourth-order valence-electron chi connectivity index (χ4n) is 3.44. The number of carbonyl (C=O) groups is 1. The van der Waals surface area contributed by atoms with Gasteiger partial charge in [-0.05, 0) is 43.5 Å². The Kier molecular flexibility index (Phi) is 7.49. The third-order valence-corrected chi connectivity index (χ3v) is 6.06. The summed E-state index contributed by atoms with van der Waals surface area (Å²) < 4.78 is 10.8. The van der Waals surface area contributed by atoms with Gasteiger partial charge in [0.05, 0.1) is 25.1 Å². The first-order valence-electron chi connectivity index (χ1n) is 9.96. The summed E-state index contributed by atoms with van der Waals surface area (Å²) >= 11 is 1.71. The van der Waals surface area contributed by atoms with Crippen molar-refractivity contribution >= 4 is 17.2 Å². The average Bonchev–Trinajstić information content (AvgIpc) is 3.29. The van der Waals surface area contributed by atoms with Crippen LogP contribution in [0.25, 0.3) is 0 Å². The Morgan fingerprint density at radius 3 is 2.50 bits per heavy atom. The van der Waals surface area contributed by atoms with E-state index in [0.717, 1.165) is 17.1 Å². The number of quaternary nitrogens is 1. The van der Waals surface area contributed by atoms with Crippen LogP contribution >= 0.6 is 11.3 Å². The molecule has 6 heteroatoms. The van der Waals surface area contributed by atoms with Gasteiger partial charge in [0.15, 0.2) is 6.54 Å². The van der Waals surface area contributed by atoms with Gasteiger partial charge in [-0.3, -0.25) is 4.79 Å². The number of benzene rings is 2. The minimum Gasteiger partial charge on any atom is -0.497 e. The Hall–Kier alpha value is -2.83. The summed E-state index contributed by atoms with van der Waals surface area (Å²) in [6, 6.07) is 18.2. The van der Waals surface area contributed by atoms with Crippen molar-refractivity contribution < 1.29 is 19.6 Å². The second-order valence-electron chi connectivity index (χ2n) is 7.24. The molecule has 3 N–H and O–H groups in total. The first-order valence-corrected chi connectivity index (χ1v) is 10.8. The Morgan fingerprint density at radius 1 is 1.10 bits per heavy atom. The number of ether oxygens (including phenoxy) is 2. The van der Waals surface area contributed by atoms with Crippen molar-refractivity contribution in [2.75, 3.05) is 20.8 Å². The highest BCUT2D eigenvalue weighted by Gasteiger charge is 2.21. The lowest BCUT2D eigenvalue weighted by atomic mass is 10.0. The molecule has 2 aromatic carbocycles. The van der Waals surface area contributed by atoms with Crippen LogP contribution in [0.5, 0.6) is 11.5 Å². The van der Waals surface area contributed by atoms with Crippen molar-refractivity contribution in [3.8, 4) is 11.5 Å². The summed E-state index contributed by atoms with van der Waals surface area (Å²) in [5.41, 5.74) is 3.30. The maximum atomic E-state index is 12.7. The topological polar surface area (TPSA) is 64.2 Å². The van der Waals surface area contributed by atoms with E-state index in [-0.39, 0.29) is 18.0 Å². The summed E-state index contributed by atoms with van der Waals surface area (Å²) in [6.45, 7) is 4.36. The van der Waals surface area contributed by atoms with Gasteiger partial charge in [-0.25, -0.2) is 0 Å². The maximum Gasteiger partial charge on any atom is 0.275 e. The van der Waals surface area contributed by atoms with Crippen molar-refractivity contribution in [1.82, 2.24) is 5.32 Å². The normalized spacial score (nSPS) is 12.8. The molecular formula is C24H29N2O3S+. The standard InChI is InChI=1S/C24H28N2O3S/c1-16-7-9-18(10-8-16)24(22-6-5-13-30-22)25-15-23(27)26-17(2)20-14-19(28-3)11-12-21(20)29-4/h5-14,17,24-25H,15H2,1-4H3,(H,26,27)/p+1/t17-,24+/m1/s1. The summed E-state index contributed by atoms with van der Waals surface area (Å²) in [5, 5.41) is 7.24. The highest BCUT2D eigenvalue weighted by molar-refractivity contribution is 7.10. The number of nitrogens with two attached hydrogens (primary N) is 1. The number of carbonyl (C=O) groups excluding carboxylic acids is 1. The van der Waals surface area contributed by atoms with Crippen LogP contribution in [0.1, 0.15) is 40.6 Å². The SMILES string of the molecule is COc1ccc(OC)c([C@@H](C)NC(=O)C[NH2+][C@@H](c2ccc(C)cc2)c2cccs2)c1. The largest absolute Gasteiger partial charge is 0.497 e. The molecule has 3 aromatic rings. The van der Waals surface area contributed by atoms with Gasteiger partial charge in [-0.1, -0.05) is 35.9 Å². The van der Waals surface area contributed by atoms with Crippen LogP contribution < -0.4 is 20.1 Å². The summed E-state index contributed by atoms with van der Waals surface area (Å²) in [4.78, 5) is 14.0. The molecule has 1 heterocycles. The van der Waals surface area contributed by atoms with Crippen LogP contribution in [0.2, 0.25) is 0 Å². The van der Waals surface area contributed by atoms with Crippen LogP contribution in [0, 0.1) is 6.92 Å². The third-order valence-electron chi connectivity index (χ3n) is 5.11. The highest BCUT2D eigenvalue weighted by Crippen LogP contribution is 2.29. The van der Waals surface area contributed by atoms with Crippen molar-refractivity contribution in [1.29, 1.82) is 0 Å². The third kappa shape index (κ3) is 5.40. The molecular weight excluding hydrogens is 396 g/mol. The molecule has 0 unspecified atom stereocenters. The number of aryl methyl sites for hydroxylation is 1. The summed E-state index contributed by atoms with van der Waals surface area (Å²) in [5.74, 6) is 1.43. The lowest BCUT2D eigenvalue weighted by Gasteiger charge is -2.19. The molecule has 0 aliphatic rings. The molecule has 0 bridgehead atoms. The van der Waals surface area contributed by atoms with E-state index in [4.69, 9.17) is 9.47 Å². The molecule has 0 spiro atoms. The van der Waals surface area contributed by atoms with Crippen LogP contribution in [-0.2, 0) is 4.79 Å². The summed E-state index contributed by atoms with van der Waals surface area (Å²) in [7, 11) is 3.25. The molecule has 5 nitrogen and oxygen atoms in total. The predicted octanol–water partition coefficient (Wildman–Crippen LogP) is 3.60. The molecule has 1 amide bonds. The molecule has 0 aliphatic carbocycles. The van der Waals surface area contributed by atoms with Gasteiger partial charge in [-0.15, -0.1) is 11.3 Å². The Balaban J connectivity index is 1.68. The smallest absolute Gasteiger partial charge is 0.275 e. The summed E-state index contributed by atoms with van der Waals surface area (Å²) in [6.07, 6.45) is 0. The molecule has 1 aromatic heterocycles. The predicted molar refractivity (Wildman–Crippen MR) is 120 cm³/mol. The molecule has 158 valence electrons. The van der Waals surface area contributed by atoms with Crippen molar-refractivity contribution in [2.24, 2.45) is 0 Å². The van der Waals surface area contributed by atoms with E-state index in [1.807, 2.05) is 31.2 Å². The molecule has 2 atom stereocenters. The number of hydrogen-bond donors (Lipinski definition) is 2. The fraction of sp³-hybridized carbons (Fsp3) is 0.292.